The van der Waals surface area contributed by atoms with Gasteiger partial charge in [-0.1, -0.05) is 0 Å². The Balaban J connectivity index is 0.000000761. The van der Waals surface area contributed by atoms with Crippen molar-refractivity contribution in [2.75, 3.05) is 33.4 Å². The first-order valence-electron chi connectivity index (χ1n) is 10.1. The maximum Gasteiger partial charge on any atom is 0.336 e. The Morgan fingerprint density at radius 1 is 1.29 bits per heavy atom. The predicted molar refractivity (Wildman–Crippen MR) is 126 cm³/mol. The van der Waals surface area contributed by atoms with Crippen LogP contribution in [-0.2, 0) is 26.7 Å². The van der Waals surface area contributed by atoms with E-state index in [9.17, 15) is 24.5 Å². The number of hydrogen-bond acceptors (Lipinski definition) is 11. The van der Waals surface area contributed by atoms with Crippen molar-refractivity contribution in [3.8, 4) is 0 Å². The maximum absolute atomic E-state index is 10.4. The van der Waals surface area contributed by atoms with Crippen LogP contribution in [0.3, 0.4) is 0 Å². The van der Waals surface area contributed by atoms with E-state index in [4.69, 9.17) is 24.8 Å². The first kappa shape index (κ1) is 31.7. The van der Waals surface area contributed by atoms with E-state index in [0.29, 0.717) is 19.3 Å². The van der Waals surface area contributed by atoms with Crippen molar-refractivity contribution < 1.29 is 44.2 Å². The van der Waals surface area contributed by atoms with Gasteiger partial charge in [-0.2, -0.15) is 11.8 Å². The number of thioether (sulfide) groups is 1. The normalized spacial score (nSPS) is 13.0. The molecule has 35 heavy (non-hydrogen) atoms. The third kappa shape index (κ3) is 11.6. The topological polar surface area (TPSA) is 216 Å². The molecule has 6 N–H and O–H groups in total. The van der Waals surface area contributed by atoms with E-state index in [1.165, 1.54) is 5.56 Å². The van der Waals surface area contributed by atoms with Crippen LogP contribution in [0.2, 0.25) is 0 Å². The minimum atomic E-state index is -2.82. The molecule has 0 aliphatic heterocycles. The summed E-state index contributed by atoms with van der Waals surface area (Å²) in [6.45, 7) is 4.12. The van der Waals surface area contributed by atoms with Crippen molar-refractivity contribution >= 4 is 29.7 Å². The number of carboxylic acids is 3. The lowest BCUT2D eigenvalue weighted by molar-refractivity contribution is -0.404. The zero-order valence-electron chi connectivity index (χ0n) is 20.1. The number of aryl methyl sites for hydroxylation is 1. The number of carbonyl (C=O) groups is 3. The van der Waals surface area contributed by atoms with Crippen molar-refractivity contribution in [2.45, 2.75) is 31.7 Å². The van der Waals surface area contributed by atoms with Gasteiger partial charge >= 0.3 is 17.9 Å². The molecule has 0 bridgehead atoms. The van der Waals surface area contributed by atoms with Gasteiger partial charge in [0.2, 0.25) is 0 Å². The molecule has 1 aromatic heterocycles. The number of rotatable bonds is 14. The maximum atomic E-state index is 10.4. The number of carboxylic acid groups (broad SMARTS) is 3. The molecule has 0 aliphatic carbocycles. The van der Waals surface area contributed by atoms with E-state index in [-0.39, 0.29) is 0 Å². The highest BCUT2D eigenvalue weighted by Gasteiger charge is 2.49. The van der Waals surface area contributed by atoms with Gasteiger partial charge in [0.05, 0.1) is 17.2 Å². The smallest absolute Gasteiger partial charge is 0.336 e. The summed E-state index contributed by atoms with van der Waals surface area (Å²) in [5.74, 6) is -4.08. The first-order valence-corrected chi connectivity index (χ1v) is 11.3. The van der Waals surface area contributed by atoms with E-state index >= 15 is 0 Å². The summed E-state index contributed by atoms with van der Waals surface area (Å²) in [4.78, 5) is 42.8. The average molecular weight is 521 g/mol. The number of nitrogens with zero attached hydrogens (tertiary/aromatic N) is 2. The first-order chi connectivity index (χ1) is 16.1. The summed E-state index contributed by atoms with van der Waals surface area (Å²) in [5.41, 5.74) is -1.65. The highest BCUT2D eigenvalue weighted by molar-refractivity contribution is 7.98. The molecule has 1 heterocycles. The van der Waals surface area contributed by atoms with Crippen LogP contribution < -0.4 is 10.6 Å². The summed E-state index contributed by atoms with van der Waals surface area (Å²) in [5, 5.41) is 50.1. The lowest BCUT2D eigenvalue weighted by atomic mass is 9.89. The lowest BCUT2D eigenvalue weighted by Gasteiger charge is -2.21. The second kappa shape index (κ2) is 14.9. The van der Waals surface area contributed by atoms with Crippen molar-refractivity contribution in [3.63, 3.8) is 0 Å². The van der Waals surface area contributed by atoms with Gasteiger partial charge in [0.1, 0.15) is 11.5 Å². The summed E-state index contributed by atoms with van der Waals surface area (Å²) in [6, 6.07) is 2.07. The van der Waals surface area contributed by atoms with E-state index in [1.54, 1.807) is 18.8 Å². The fourth-order valence-corrected chi connectivity index (χ4v) is 3.28. The van der Waals surface area contributed by atoms with Gasteiger partial charge in [-0.25, -0.2) is 4.79 Å². The molecule has 0 saturated heterocycles. The fraction of sp³-hybridized carbons (Fsp3) is 0.550. The summed E-state index contributed by atoms with van der Waals surface area (Å²) >= 11 is 1.72. The third-order valence-corrected chi connectivity index (χ3v) is 5.31. The zero-order chi connectivity index (χ0) is 27.3. The van der Waals surface area contributed by atoms with Crippen LogP contribution in [0.1, 0.15) is 24.0 Å². The Morgan fingerprint density at radius 2 is 1.86 bits per heavy atom. The number of hydrogen-bond donors (Lipinski definition) is 6. The highest BCUT2D eigenvalue weighted by atomic mass is 32.2. The lowest BCUT2D eigenvalue weighted by Crippen LogP contribution is -2.50. The Bertz CT molecular complexity index is 900. The third-order valence-electron chi connectivity index (χ3n) is 4.33. The van der Waals surface area contributed by atoms with Crippen LogP contribution in [0.5, 0.6) is 0 Å². The largest absolute Gasteiger partial charge is 0.481 e. The minimum Gasteiger partial charge on any atom is -0.481 e. The molecule has 15 heteroatoms. The SMILES string of the molecule is CC(O)(C(=O)O)C(C(=O)O)C(=O)O.CNC(=C[N+](=O)[O-])NCCSCc1cc(C)c(CN(C)C)o1. The van der Waals surface area contributed by atoms with Crippen LogP contribution in [-0.4, -0.2) is 87.2 Å². The molecule has 0 fully saturated rings. The van der Waals surface area contributed by atoms with Crippen molar-refractivity contribution in [3.05, 3.63) is 45.3 Å². The molecule has 0 spiro atoms. The second-order valence-corrected chi connectivity index (χ2v) is 8.78. The van der Waals surface area contributed by atoms with Crippen LogP contribution in [0.25, 0.3) is 0 Å². The molecule has 198 valence electrons. The molecular formula is C20H32N4O10S. The molecule has 1 unspecified atom stereocenters. The molecule has 1 rings (SSSR count). The highest BCUT2D eigenvalue weighted by Crippen LogP contribution is 2.20. The molecule has 0 amide bonds. The molecule has 0 radical (unpaired) electrons. The van der Waals surface area contributed by atoms with E-state index in [1.807, 2.05) is 14.1 Å². The van der Waals surface area contributed by atoms with Crippen molar-refractivity contribution in [2.24, 2.45) is 5.92 Å². The van der Waals surface area contributed by atoms with Gasteiger partial charge in [0, 0.05) is 19.3 Å². The molecule has 0 saturated carbocycles. The number of aliphatic carboxylic acids is 3. The van der Waals surface area contributed by atoms with Crippen LogP contribution >= 0.6 is 11.8 Å². The zero-order valence-corrected chi connectivity index (χ0v) is 20.9. The number of nitrogens with one attached hydrogen (secondary N) is 2. The van der Waals surface area contributed by atoms with Gasteiger partial charge in [0.25, 0.3) is 6.20 Å². The quantitative estimate of drug-likeness (QED) is 0.0846. The van der Waals surface area contributed by atoms with Crippen LogP contribution in [0.15, 0.2) is 22.5 Å². The Hall–Kier alpha value is -3.30. The Labute approximate surface area is 206 Å². The second-order valence-electron chi connectivity index (χ2n) is 7.68. The Morgan fingerprint density at radius 3 is 2.26 bits per heavy atom. The van der Waals surface area contributed by atoms with Gasteiger partial charge < -0.3 is 40.4 Å². The average Bonchev–Trinajstić information content (AvgIpc) is 3.04. The Kier molecular flexibility index (Phi) is 13.5. The van der Waals surface area contributed by atoms with Gasteiger partial charge in [0.15, 0.2) is 17.3 Å². The predicted octanol–water partition coefficient (Wildman–Crippen LogP) is 0.375. The van der Waals surface area contributed by atoms with Crippen molar-refractivity contribution in [1.29, 1.82) is 0 Å². The van der Waals surface area contributed by atoms with Crippen molar-refractivity contribution in [1.82, 2.24) is 15.5 Å². The monoisotopic (exact) mass is 520 g/mol. The molecule has 0 aliphatic rings. The molecule has 0 aromatic carbocycles. The minimum absolute atomic E-state index is 0.410. The molecule has 1 atom stereocenters. The van der Waals surface area contributed by atoms with Crippen LogP contribution in [0, 0.1) is 23.0 Å². The van der Waals surface area contributed by atoms with E-state index in [2.05, 4.69) is 28.5 Å². The summed E-state index contributed by atoms with van der Waals surface area (Å²) in [7, 11) is 5.67. The number of aliphatic hydroxyl groups is 1. The fourth-order valence-electron chi connectivity index (χ4n) is 2.55. The summed E-state index contributed by atoms with van der Waals surface area (Å²) < 4.78 is 5.83. The van der Waals surface area contributed by atoms with Gasteiger partial charge in [-0.15, -0.1) is 0 Å². The molecular weight excluding hydrogens is 488 g/mol. The van der Waals surface area contributed by atoms with Gasteiger partial charge in [-0.05, 0) is 39.6 Å². The number of nitro groups is 1. The van der Waals surface area contributed by atoms with E-state index in [0.717, 1.165) is 35.8 Å². The molecule has 1 aromatic rings. The van der Waals surface area contributed by atoms with Crippen LogP contribution in [0.4, 0.5) is 0 Å². The standard InChI is InChI=1S/C14H24N4O3S.C6H8O7/c1-11-7-12(21-13(11)8-17(3)4)10-22-6-5-16-14(15-2)9-18(19)20;1-6(13,5(11)12)2(3(7)8)4(9)10/h7,9,15-16H,5-6,8,10H2,1-4H3;2,13H,1H3,(H,7,8)(H,9,10)(H,11,12). The molecule has 14 nitrogen and oxygen atoms in total. The number of furan rings is 1. The van der Waals surface area contributed by atoms with E-state index < -0.39 is 34.4 Å². The summed E-state index contributed by atoms with van der Waals surface area (Å²) in [6.07, 6.45) is 0.925. The van der Waals surface area contributed by atoms with Gasteiger partial charge in [-0.3, -0.25) is 19.7 Å².